The van der Waals surface area contributed by atoms with Gasteiger partial charge >= 0.3 is 0 Å². The first-order valence-corrected chi connectivity index (χ1v) is 5.35. The number of anilines is 1. The van der Waals surface area contributed by atoms with Crippen LogP contribution in [-0.2, 0) is 0 Å². The molecule has 0 unspecified atom stereocenters. The lowest BCUT2D eigenvalue weighted by Gasteiger charge is -2.19. The molecule has 1 aromatic carbocycles. The van der Waals surface area contributed by atoms with E-state index in [1.807, 2.05) is 0 Å². The molecule has 1 aromatic rings. The first-order valence-electron chi connectivity index (χ1n) is 5.35. The molecule has 0 spiro atoms. The van der Waals surface area contributed by atoms with Gasteiger partial charge in [-0.05, 0) is 37.8 Å². The molecule has 0 amide bonds. The van der Waals surface area contributed by atoms with Crippen LogP contribution in [-0.4, -0.2) is 12.1 Å². The van der Waals surface area contributed by atoms with E-state index in [-0.39, 0.29) is 0 Å². The molecule has 0 saturated heterocycles. The van der Waals surface area contributed by atoms with Crippen LogP contribution in [0.4, 0.5) is 5.69 Å². The van der Waals surface area contributed by atoms with Crippen LogP contribution in [0.25, 0.3) is 0 Å². The van der Waals surface area contributed by atoms with E-state index in [0.717, 1.165) is 6.42 Å². The number of nitrogens with two attached hydrogens (primary N) is 1. The highest BCUT2D eigenvalue weighted by molar-refractivity contribution is 5.51. The lowest BCUT2D eigenvalue weighted by Crippen LogP contribution is -2.35. The van der Waals surface area contributed by atoms with Crippen molar-refractivity contribution < 1.29 is 0 Å². The predicted octanol–water partition coefficient (Wildman–Crippen LogP) is 2.29. The minimum absolute atomic E-state index is 0.328. The van der Waals surface area contributed by atoms with E-state index in [1.165, 1.54) is 24.1 Å². The normalized spacial score (nSPS) is 26.4. The highest BCUT2D eigenvalue weighted by Crippen LogP contribution is 2.23. The molecule has 1 aliphatic carbocycles. The van der Waals surface area contributed by atoms with E-state index < -0.39 is 0 Å². The molecule has 0 radical (unpaired) electrons. The van der Waals surface area contributed by atoms with Crippen LogP contribution in [0.2, 0.25) is 0 Å². The highest BCUT2D eigenvalue weighted by Gasteiger charge is 2.23. The summed E-state index contributed by atoms with van der Waals surface area (Å²) in [7, 11) is 0. The Kier molecular flexibility index (Phi) is 2.73. The van der Waals surface area contributed by atoms with Crippen LogP contribution in [0.5, 0.6) is 0 Å². The third kappa shape index (κ3) is 1.90. The number of para-hydroxylation sites is 1. The Morgan fingerprint density at radius 3 is 2.71 bits per heavy atom. The molecule has 0 aliphatic heterocycles. The van der Waals surface area contributed by atoms with Crippen LogP contribution in [0.1, 0.15) is 24.8 Å². The third-order valence-corrected chi connectivity index (χ3v) is 3.06. The molecule has 2 heteroatoms. The number of nitrogens with one attached hydrogen (secondary N) is 1. The van der Waals surface area contributed by atoms with Gasteiger partial charge in [0.25, 0.3) is 0 Å². The lowest BCUT2D eigenvalue weighted by molar-refractivity contribution is 0.637. The fourth-order valence-corrected chi connectivity index (χ4v) is 2.10. The molecule has 1 aliphatic rings. The summed E-state index contributed by atoms with van der Waals surface area (Å²) >= 11 is 0. The highest BCUT2D eigenvalue weighted by atomic mass is 15.0. The molecular weight excluding hydrogens is 172 g/mol. The Bertz CT molecular complexity index is 309. The summed E-state index contributed by atoms with van der Waals surface area (Å²) < 4.78 is 0. The summed E-state index contributed by atoms with van der Waals surface area (Å²) in [5.74, 6) is 0. The SMILES string of the molecule is Cc1ccccc1N[C@@H]1CCC[C@@H]1N. The number of benzene rings is 1. The molecule has 2 nitrogen and oxygen atoms in total. The fraction of sp³-hybridized carbons (Fsp3) is 0.500. The summed E-state index contributed by atoms with van der Waals surface area (Å²) in [5.41, 5.74) is 8.54. The smallest absolute Gasteiger partial charge is 0.0412 e. The second-order valence-electron chi connectivity index (χ2n) is 4.16. The maximum Gasteiger partial charge on any atom is 0.0412 e. The molecule has 0 aromatic heterocycles. The van der Waals surface area contributed by atoms with Gasteiger partial charge in [0.05, 0.1) is 0 Å². The number of hydrogen-bond acceptors (Lipinski definition) is 2. The Morgan fingerprint density at radius 1 is 1.29 bits per heavy atom. The van der Waals surface area contributed by atoms with Crippen molar-refractivity contribution in [1.29, 1.82) is 0 Å². The van der Waals surface area contributed by atoms with Crippen LogP contribution >= 0.6 is 0 Å². The van der Waals surface area contributed by atoms with Crippen molar-refractivity contribution in [2.24, 2.45) is 5.73 Å². The molecule has 0 heterocycles. The molecule has 1 fully saturated rings. The van der Waals surface area contributed by atoms with Crippen LogP contribution < -0.4 is 11.1 Å². The second-order valence-corrected chi connectivity index (χ2v) is 4.16. The van der Waals surface area contributed by atoms with Crippen molar-refractivity contribution in [1.82, 2.24) is 0 Å². The summed E-state index contributed by atoms with van der Waals surface area (Å²) in [6.07, 6.45) is 3.61. The van der Waals surface area contributed by atoms with Gasteiger partial charge < -0.3 is 11.1 Å². The van der Waals surface area contributed by atoms with E-state index in [0.29, 0.717) is 12.1 Å². The topological polar surface area (TPSA) is 38.0 Å². The summed E-state index contributed by atoms with van der Waals surface area (Å²) in [6, 6.07) is 9.18. The summed E-state index contributed by atoms with van der Waals surface area (Å²) in [6.45, 7) is 2.13. The van der Waals surface area contributed by atoms with Gasteiger partial charge in [-0.15, -0.1) is 0 Å². The average molecular weight is 190 g/mol. The molecule has 1 saturated carbocycles. The molecule has 14 heavy (non-hydrogen) atoms. The quantitative estimate of drug-likeness (QED) is 0.751. The zero-order chi connectivity index (χ0) is 9.97. The maximum atomic E-state index is 6.01. The van der Waals surface area contributed by atoms with Gasteiger partial charge in [0.15, 0.2) is 0 Å². The predicted molar refractivity (Wildman–Crippen MR) is 60.4 cm³/mol. The second kappa shape index (κ2) is 4.01. The van der Waals surface area contributed by atoms with Crippen molar-refractivity contribution in [2.75, 3.05) is 5.32 Å². The Hall–Kier alpha value is -1.02. The van der Waals surface area contributed by atoms with Gasteiger partial charge in [0, 0.05) is 17.8 Å². The van der Waals surface area contributed by atoms with Crippen molar-refractivity contribution >= 4 is 5.69 Å². The lowest BCUT2D eigenvalue weighted by atomic mass is 10.1. The molecule has 2 rings (SSSR count). The third-order valence-electron chi connectivity index (χ3n) is 3.06. The minimum atomic E-state index is 0.328. The van der Waals surface area contributed by atoms with Crippen molar-refractivity contribution in [3.05, 3.63) is 29.8 Å². The zero-order valence-electron chi connectivity index (χ0n) is 8.66. The Balaban J connectivity index is 2.07. The van der Waals surface area contributed by atoms with Crippen LogP contribution in [0.3, 0.4) is 0 Å². The first kappa shape index (κ1) is 9.53. The van der Waals surface area contributed by atoms with Crippen molar-refractivity contribution in [3.8, 4) is 0 Å². The largest absolute Gasteiger partial charge is 0.381 e. The Morgan fingerprint density at radius 2 is 2.07 bits per heavy atom. The van der Waals surface area contributed by atoms with E-state index in [2.05, 4.69) is 36.5 Å². The van der Waals surface area contributed by atoms with E-state index in [9.17, 15) is 0 Å². The van der Waals surface area contributed by atoms with Gasteiger partial charge in [0.2, 0.25) is 0 Å². The molecule has 3 N–H and O–H groups in total. The van der Waals surface area contributed by atoms with Gasteiger partial charge in [-0.25, -0.2) is 0 Å². The first-order chi connectivity index (χ1) is 6.77. The number of rotatable bonds is 2. The minimum Gasteiger partial charge on any atom is -0.381 e. The van der Waals surface area contributed by atoms with E-state index in [1.54, 1.807) is 0 Å². The monoisotopic (exact) mass is 190 g/mol. The molecule has 0 bridgehead atoms. The standard InChI is InChI=1S/C12H18N2/c1-9-5-2-3-7-11(9)14-12-8-4-6-10(12)13/h2-3,5,7,10,12,14H,4,6,8,13H2,1H3/t10-,12+/m0/s1. The zero-order valence-corrected chi connectivity index (χ0v) is 8.66. The van der Waals surface area contributed by atoms with Gasteiger partial charge in [-0.2, -0.15) is 0 Å². The van der Waals surface area contributed by atoms with Gasteiger partial charge in [0.1, 0.15) is 0 Å². The maximum absolute atomic E-state index is 6.01. The molecule has 2 atom stereocenters. The van der Waals surface area contributed by atoms with Crippen LogP contribution in [0, 0.1) is 6.92 Å². The fourth-order valence-electron chi connectivity index (χ4n) is 2.10. The van der Waals surface area contributed by atoms with Gasteiger partial charge in [-0.3, -0.25) is 0 Å². The van der Waals surface area contributed by atoms with E-state index >= 15 is 0 Å². The number of aryl methyl sites for hydroxylation is 1. The molecule has 76 valence electrons. The Labute approximate surface area is 85.5 Å². The van der Waals surface area contributed by atoms with Crippen LogP contribution in [0.15, 0.2) is 24.3 Å². The average Bonchev–Trinajstić information content (AvgIpc) is 2.56. The van der Waals surface area contributed by atoms with Crippen molar-refractivity contribution in [2.45, 2.75) is 38.3 Å². The van der Waals surface area contributed by atoms with E-state index in [4.69, 9.17) is 5.73 Å². The number of hydrogen-bond donors (Lipinski definition) is 2. The van der Waals surface area contributed by atoms with Crippen molar-refractivity contribution in [3.63, 3.8) is 0 Å². The summed E-state index contributed by atoms with van der Waals surface area (Å²) in [4.78, 5) is 0. The molecular formula is C12H18N2. The van der Waals surface area contributed by atoms with Gasteiger partial charge in [-0.1, -0.05) is 18.2 Å². The summed E-state index contributed by atoms with van der Waals surface area (Å²) in [5, 5.41) is 3.53.